The number of rotatable bonds is 4. The van der Waals surface area contributed by atoms with Crippen molar-refractivity contribution in [1.29, 1.82) is 0 Å². The van der Waals surface area contributed by atoms with Gasteiger partial charge in [-0.1, -0.05) is 17.7 Å². The zero-order chi connectivity index (χ0) is 18.0. The van der Waals surface area contributed by atoms with Crippen molar-refractivity contribution in [2.75, 3.05) is 16.8 Å². The maximum atomic E-state index is 12.2. The summed E-state index contributed by atoms with van der Waals surface area (Å²) in [5, 5.41) is 5.98. The van der Waals surface area contributed by atoms with Gasteiger partial charge in [0, 0.05) is 17.9 Å². The molecular weight excluding hydrogens is 338 g/mol. The summed E-state index contributed by atoms with van der Waals surface area (Å²) in [4.78, 5) is 16.5. The van der Waals surface area contributed by atoms with Gasteiger partial charge in [0.25, 0.3) is 5.91 Å². The molecule has 0 spiro atoms. The van der Waals surface area contributed by atoms with Crippen LogP contribution in [0.1, 0.15) is 27.9 Å². The van der Waals surface area contributed by atoms with Gasteiger partial charge in [-0.3, -0.25) is 4.79 Å². The first-order chi connectivity index (χ1) is 11.8. The Morgan fingerprint density at radius 1 is 1.20 bits per heavy atom. The number of nitrogens with one attached hydrogen (secondary N) is 2. The number of hydrogen-bond donors (Lipinski definition) is 2. The molecule has 1 atom stereocenters. The highest BCUT2D eigenvalue weighted by Crippen LogP contribution is 2.20. The highest BCUT2D eigenvalue weighted by atomic mass is 32.2. The number of sulfone groups is 1. The molecule has 1 saturated heterocycles. The van der Waals surface area contributed by atoms with Gasteiger partial charge >= 0.3 is 0 Å². The van der Waals surface area contributed by atoms with Crippen molar-refractivity contribution in [3.8, 4) is 0 Å². The second-order valence-corrected chi connectivity index (χ2v) is 8.68. The third-order valence-corrected chi connectivity index (χ3v) is 6.01. The maximum absolute atomic E-state index is 12.2. The molecule has 3 rings (SSSR count). The van der Waals surface area contributed by atoms with Crippen molar-refractivity contribution in [2.45, 2.75) is 26.3 Å². The van der Waals surface area contributed by atoms with Gasteiger partial charge in [0.05, 0.1) is 17.1 Å². The van der Waals surface area contributed by atoms with Gasteiger partial charge in [-0.15, -0.1) is 0 Å². The van der Waals surface area contributed by atoms with E-state index in [-0.39, 0.29) is 23.5 Å². The van der Waals surface area contributed by atoms with Crippen molar-refractivity contribution in [3.63, 3.8) is 0 Å². The first-order valence-corrected chi connectivity index (χ1v) is 9.96. The minimum absolute atomic E-state index is 0.0124. The van der Waals surface area contributed by atoms with E-state index in [9.17, 15) is 13.2 Å². The number of pyridine rings is 1. The molecule has 1 aliphatic heterocycles. The summed E-state index contributed by atoms with van der Waals surface area (Å²) >= 11 is 0. The molecule has 0 saturated carbocycles. The molecule has 2 aromatic rings. The van der Waals surface area contributed by atoms with Crippen LogP contribution >= 0.6 is 0 Å². The second kappa shape index (κ2) is 6.84. The van der Waals surface area contributed by atoms with Gasteiger partial charge in [0.1, 0.15) is 5.82 Å². The monoisotopic (exact) mass is 359 g/mol. The molecule has 1 aromatic heterocycles. The number of aryl methyl sites for hydroxylation is 2. The van der Waals surface area contributed by atoms with Crippen LogP contribution in [0.15, 0.2) is 36.5 Å². The van der Waals surface area contributed by atoms with Crippen LogP contribution in [-0.4, -0.2) is 36.9 Å². The number of carbonyl (C=O) groups excluding carboxylic acids is 1. The quantitative estimate of drug-likeness (QED) is 0.875. The Balaban J connectivity index is 1.64. The lowest BCUT2D eigenvalue weighted by atomic mass is 10.1. The third-order valence-electron chi connectivity index (χ3n) is 4.24. The maximum Gasteiger partial charge on any atom is 0.253 e. The predicted octanol–water partition coefficient (Wildman–Crippen LogP) is 2.36. The Bertz CT molecular complexity index is 892. The van der Waals surface area contributed by atoms with Crippen molar-refractivity contribution >= 4 is 27.2 Å². The fourth-order valence-electron chi connectivity index (χ4n) is 2.87. The third kappa shape index (κ3) is 4.36. The molecule has 0 aliphatic carbocycles. The molecule has 2 N–H and O–H groups in total. The van der Waals surface area contributed by atoms with E-state index in [2.05, 4.69) is 21.7 Å². The number of carbonyl (C=O) groups is 1. The van der Waals surface area contributed by atoms with Crippen LogP contribution in [0.5, 0.6) is 0 Å². The summed E-state index contributed by atoms with van der Waals surface area (Å²) in [7, 11) is -3.01. The van der Waals surface area contributed by atoms with E-state index in [4.69, 9.17) is 0 Å². The molecule has 1 aliphatic rings. The van der Waals surface area contributed by atoms with Crippen LogP contribution in [0.25, 0.3) is 0 Å². The molecule has 0 bridgehead atoms. The van der Waals surface area contributed by atoms with Gasteiger partial charge in [-0.2, -0.15) is 0 Å². The van der Waals surface area contributed by atoms with Gasteiger partial charge in [-0.05, 0) is 44.0 Å². The fourth-order valence-corrected chi connectivity index (χ4v) is 4.54. The molecular formula is C18H21N3O3S. The van der Waals surface area contributed by atoms with Gasteiger partial charge in [0.2, 0.25) is 0 Å². The molecule has 1 unspecified atom stereocenters. The smallest absolute Gasteiger partial charge is 0.253 e. The van der Waals surface area contributed by atoms with Crippen LogP contribution in [-0.2, 0) is 9.84 Å². The minimum Gasteiger partial charge on any atom is -0.348 e. The molecule has 1 amide bonds. The summed E-state index contributed by atoms with van der Waals surface area (Å²) in [6.07, 6.45) is 1.96. The lowest BCUT2D eigenvalue weighted by molar-refractivity contribution is 0.0941. The van der Waals surface area contributed by atoms with E-state index in [0.717, 1.165) is 11.3 Å². The van der Waals surface area contributed by atoms with Gasteiger partial charge in [-0.25, -0.2) is 13.4 Å². The number of aromatic nitrogens is 1. The lowest BCUT2D eigenvalue weighted by Gasteiger charge is -2.12. The topological polar surface area (TPSA) is 88.2 Å². The molecule has 0 radical (unpaired) electrons. The van der Waals surface area contributed by atoms with E-state index < -0.39 is 9.84 Å². The van der Waals surface area contributed by atoms with Crippen molar-refractivity contribution in [2.24, 2.45) is 0 Å². The number of nitrogens with zero attached hydrogens (tertiary/aromatic N) is 1. The van der Waals surface area contributed by atoms with E-state index >= 15 is 0 Å². The summed E-state index contributed by atoms with van der Waals surface area (Å²) in [5.41, 5.74) is 3.69. The molecule has 7 heteroatoms. The number of amides is 1. The highest BCUT2D eigenvalue weighted by molar-refractivity contribution is 7.91. The van der Waals surface area contributed by atoms with Crippen LogP contribution in [0.2, 0.25) is 0 Å². The highest BCUT2D eigenvalue weighted by Gasteiger charge is 2.29. The van der Waals surface area contributed by atoms with Crippen molar-refractivity contribution < 1.29 is 13.2 Å². The minimum atomic E-state index is -3.01. The SMILES string of the molecule is Cc1ccc(Nc2ccc(C(=O)NC3CCS(=O)(=O)C3)cn2)c(C)c1. The average molecular weight is 359 g/mol. The van der Waals surface area contributed by atoms with Crippen molar-refractivity contribution in [3.05, 3.63) is 53.2 Å². The summed E-state index contributed by atoms with van der Waals surface area (Å²) in [6, 6.07) is 9.20. The normalized spacial score (nSPS) is 18.7. The molecule has 132 valence electrons. The lowest BCUT2D eigenvalue weighted by Crippen LogP contribution is -2.35. The summed E-state index contributed by atoms with van der Waals surface area (Å²) in [6.45, 7) is 4.06. The molecule has 6 nitrogen and oxygen atoms in total. The van der Waals surface area contributed by atoms with Crippen LogP contribution in [0.4, 0.5) is 11.5 Å². The van der Waals surface area contributed by atoms with Crippen LogP contribution in [0, 0.1) is 13.8 Å². The number of benzene rings is 1. The number of anilines is 2. The van der Waals surface area contributed by atoms with Gasteiger partial charge in [0.15, 0.2) is 9.84 Å². The predicted molar refractivity (Wildman–Crippen MR) is 98.0 cm³/mol. The largest absolute Gasteiger partial charge is 0.348 e. The Labute approximate surface area is 147 Å². The number of hydrogen-bond acceptors (Lipinski definition) is 5. The van der Waals surface area contributed by atoms with E-state index in [1.54, 1.807) is 12.1 Å². The average Bonchev–Trinajstić information content (AvgIpc) is 2.89. The molecule has 2 heterocycles. The van der Waals surface area contributed by atoms with E-state index in [1.807, 2.05) is 26.0 Å². The van der Waals surface area contributed by atoms with Crippen LogP contribution in [0.3, 0.4) is 0 Å². The Morgan fingerprint density at radius 2 is 2.00 bits per heavy atom. The van der Waals surface area contributed by atoms with Gasteiger partial charge < -0.3 is 10.6 Å². The second-order valence-electron chi connectivity index (χ2n) is 6.45. The Hall–Kier alpha value is -2.41. The van der Waals surface area contributed by atoms with E-state index in [1.165, 1.54) is 11.8 Å². The zero-order valence-electron chi connectivity index (χ0n) is 14.2. The zero-order valence-corrected chi connectivity index (χ0v) is 15.1. The van der Waals surface area contributed by atoms with Crippen LogP contribution < -0.4 is 10.6 Å². The Kier molecular flexibility index (Phi) is 4.76. The van der Waals surface area contributed by atoms with E-state index in [0.29, 0.717) is 17.8 Å². The fraction of sp³-hybridized carbons (Fsp3) is 0.333. The first-order valence-electron chi connectivity index (χ1n) is 8.14. The van der Waals surface area contributed by atoms with Crippen molar-refractivity contribution in [1.82, 2.24) is 10.3 Å². The Morgan fingerprint density at radius 3 is 2.60 bits per heavy atom. The summed E-state index contributed by atoms with van der Waals surface area (Å²) < 4.78 is 22.9. The summed E-state index contributed by atoms with van der Waals surface area (Å²) in [5.74, 6) is 0.493. The molecule has 1 fully saturated rings. The first kappa shape index (κ1) is 17.4. The molecule has 25 heavy (non-hydrogen) atoms. The standard InChI is InChI=1S/C18H21N3O3S/c1-12-3-5-16(13(2)9-12)21-17-6-4-14(10-19-17)18(22)20-15-7-8-25(23,24)11-15/h3-6,9-10,15H,7-8,11H2,1-2H3,(H,19,21)(H,20,22). The molecule has 1 aromatic carbocycles.